The van der Waals surface area contributed by atoms with Crippen molar-refractivity contribution in [2.24, 2.45) is 0 Å². The van der Waals surface area contributed by atoms with E-state index in [1.165, 1.54) is 23.8 Å². The zero-order valence-electron chi connectivity index (χ0n) is 11.8. The summed E-state index contributed by atoms with van der Waals surface area (Å²) in [4.78, 5) is 0. The number of para-hydroxylation sites is 1. The van der Waals surface area contributed by atoms with Crippen molar-refractivity contribution in [2.45, 2.75) is 19.9 Å². The van der Waals surface area contributed by atoms with Crippen LogP contribution in [0.5, 0.6) is 0 Å². The van der Waals surface area contributed by atoms with Gasteiger partial charge >= 0.3 is 0 Å². The summed E-state index contributed by atoms with van der Waals surface area (Å²) in [6.07, 6.45) is 0. The van der Waals surface area contributed by atoms with Crippen molar-refractivity contribution in [3.63, 3.8) is 0 Å². The maximum absolute atomic E-state index is 13.5. The second kappa shape index (κ2) is 6.63. The lowest BCUT2D eigenvalue weighted by Crippen LogP contribution is -2.31. The highest BCUT2D eigenvalue weighted by Gasteiger charge is 2.12. The maximum Gasteiger partial charge on any atom is 0.171 e. The molecule has 2 aromatic carbocycles. The van der Waals surface area contributed by atoms with E-state index >= 15 is 0 Å². The summed E-state index contributed by atoms with van der Waals surface area (Å²) in [5.74, 6) is -1.36. The van der Waals surface area contributed by atoms with Gasteiger partial charge in [-0.15, -0.1) is 0 Å². The lowest BCUT2D eigenvalue weighted by Gasteiger charge is -2.18. The molecular formula is C16H16F2N2S. The first-order valence-electron chi connectivity index (χ1n) is 6.55. The summed E-state index contributed by atoms with van der Waals surface area (Å²) < 4.78 is 27.1. The molecule has 2 aromatic rings. The first kappa shape index (κ1) is 15.4. The molecule has 110 valence electrons. The highest BCUT2D eigenvalue weighted by Crippen LogP contribution is 2.18. The SMILES string of the molecule is Cc1ccc([C@H](C)NC(=S)Nc2c(F)cccc2F)cc1. The number of hydrogen-bond donors (Lipinski definition) is 2. The Hall–Kier alpha value is -2.01. The average Bonchev–Trinajstić information content (AvgIpc) is 2.43. The van der Waals surface area contributed by atoms with E-state index in [0.717, 1.165) is 5.56 Å². The van der Waals surface area contributed by atoms with Gasteiger partial charge in [-0.05, 0) is 43.8 Å². The van der Waals surface area contributed by atoms with Crippen LogP contribution >= 0.6 is 12.2 Å². The molecule has 0 fully saturated rings. The predicted octanol–water partition coefficient (Wildman–Crippen LogP) is 4.32. The predicted molar refractivity (Wildman–Crippen MR) is 85.3 cm³/mol. The molecule has 1 atom stereocenters. The Morgan fingerprint density at radius 3 is 2.19 bits per heavy atom. The summed E-state index contributed by atoms with van der Waals surface area (Å²) in [5.41, 5.74) is 1.96. The first-order chi connectivity index (χ1) is 9.97. The van der Waals surface area contributed by atoms with Gasteiger partial charge in [0.1, 0.15) is 17.3 Å². The maximum atomic E-state index is 13.5. The minimum Gasteiger partial charge on any atom is -0.356 e. The van der Waals surface area contributed by atoms with Crippen molar-refractivity contribution < 1.29 is 8.78 Å². The van der Waals surface area contributed by atoms with Crippen LogP contribution in [-0.2, 0) is 0 Å². The molecule has 0 spiro atoms. The molecule has 0 saturated heterocycles. The van der Waals surface area contributed by atoms with E-state index in [1.807, 2.05) is 38.1 Å². The third kappa shape index (κ3) is 3.98. The molecule has 0 aromatic heterocycles. The van der Waals surface area contributed by atoms with E-state index in [9.17, 15) is 8.78 Å². The summed E-state index contributed by atoms with van der Waals surface area (Å²) >= 11 is 5.10. The fourth-order valence-electron chi connectivity index (χ4n) is 1.90. The van der Waals surface area contributed by atoms with Gasteiger partial charge in [-0.3, -0.25) is 0 Å². The molecule has 0 amide bonds. The average molecular weight is 306 g/mol. The van der Waals surface area contributed by atoms with Crippen molar-refractivity contribution in [3.8, 4) is 0 Å². The van der Waals surface area contributed by atoms with Gasteiger partial charge in [-0.25, -0.2) is 8.78 Å². The third-order valence-corrected chi connectivity index (χ3v) is 3.35. The van der Waals surface area contributed by atoms with Crippen molar-refractivity contribution in [1.82, 2.24) is 5.32 Å². The van der Waals surface area contributed by atoms with Crippen LogP contribution < -0.4 is 10.6 Å². The molecule has 5 heteroatoms. The minimum absolute atomic E-state index is 0.0690. The molecule has 21 heavy (non-hydrogen) atoms. The Kier molecular flexibility index (Phi) is 4.85. The number of anilines is 1. The number of aryl methyl sites for hydroxylation is 1. The normalized spacial score (nSPS) is 11.8. The Bertz CT molecular complexity index is 621. The summed E-state index contributed by atoms with van der Waals surface area (Å²) in [5, 5.41) is 5.74. The standard InChI is InChI=1S/C16H16F2N2S/c1-10-6-8-12(9-7-10)11(2)19-16(21)20-15-13(17)4-3-5-14(15)18/h3-9,11H,1-2H3,(H2,19,20,21)/t11-/m0/s1. The Balaban J connectivity index is 2.03. The van der Waals surface area contributed by atoms with Crippen LogP contribution in [0.15, 0.2) is 42.5 Å². The minimum atomic E-state index is -0.679. The fraction of sp³-hybridized carbons (Fsp3) is 0.188. The molecule has 0 aliphatic rings. The van der Waals surface area contributed by atoms with Crippen LogP contribution in [0.1, 0.15) is 24.1 Å². The van der Waals surface area contributed by atoms with Gasteiger partial charge in [0.25, 0.3) is 0 Å². The van der Waals surface area contributed by atoms with Crippen LogP contribution in [0.25, 0.3) is 0 Å². The van der Waals surface area contributed by atoms with Gasteiger partial charge < -0.3 is 10.6 Å². The highest BCUT2D eigenvalue weighted by molar-refractivity contribution is 7.80. The van der Waals surface area contributed by atoms with Crippen molar-refractivity contribution in [2.75, 3.05) is 5.32 Å². The van der Waals surface area contributed by atoms with Crippen LogP contribution in [0.2, 0.25) is 0 Å². The number of benzene rings is 2. The molecule has 0 saturated carbocycles. The lowest BCUT2D eigenvalue weighted by molar-refractivity contribution is 0.590. The van der Waals surface area contributed by atoms with Gasteiger partial charge in [0, 0.05) is 0 Å². The van der Waals surface area contributed by atoms with E-state index in [0.29, 0.717) is 0 Å². The second-order valence-electron chi connectivity index (χ2n) is 4.83. The van der Waals surface area contributed by atoms with Gasteiger partial charge in [0.2, 0.25) is 0 Å². The molecule has 2 nitrogen and oxygen atoms in total. The zero-order valence-corrected chi connectivity index (χ0v) is 12.6. The molecule has 2 N–H and O–H groups in total. The molecular weight excluding hydrogens is 290 g/mol. The van der Waals surface area contributed by atoms with Crippen LogP contribution in [0.4, 0.5) is 14.5 Å². The largest absolute Gasteiger partial charge is 0.356 e. The van der Waals surface area contributed by atoms with E-state index in [1.54, 1.807) is 0 Å². The summed E-state index contributed by atoms with van der Waals surface area (Å²) in [6.45, 7) is 3.94. The Morgan fingerprint density at radius 1 is 1.05 bits per heavy atom. The van der Waals surface area contributed by atoms with Crippen molar-refractivity contribution in [3.05, 3.63) is 65.2 Å². The topological polar surface area (TPSA) is 24.1 Å². The Labute approximate surface area is 128 Å². The second-order valence-corrected chi connectivity index (χ2v) is 5.24. The smallest absolute Gasteiger partial charge is 0.171 e. The molecule has 0 unspecified atom stereocenters. The van der Waals surface area contributed by atoms with Crippen LogP contribution in [0.3, 0.4) is 0 Å². The van der Waals surface area contributed by atoms with E-state index in [-0.39, 0.29) is 16.8 Å². The Morgan fingerprint density at radius 2 is 1.62 bits per heavy atom. The third-order valence-electron chi connectivity index (χ3n) is 3.13. The summed E-state index contributed by atoms with van der Waals surface area (Å²) in [7, 11) is 0. The van der Waals surface area contributed by atoms with Gasteiger partial charge in [-0.1, -0.05) is 35.9 Å². The molecule has 0 aliphatic heterocycles. The number of rotatable bonds is 3. The molecule has 0 bridgehead atoms. The van der Waals surface area contributed by atoms with E-state index in [4.69, 9.17) is 12.2 Å². The zero-order chi connectivity index (χ0) is 15.4. The monoisotopic (exact) mass is 306 g/mol. The molecule has 0 heterocycles. The van der Waals surface area contributed by atoms with Gasteiger partial charge in [0.15, 0.2) is 5.11 Å². The van der Waals surface area contributed by atoms with E-state index < -0.39 is 11.6 Å². The molecule has 0 aliphatic carbocycles. The lowest BCUT2D eigenvalue weighted by atomic mass is 10.1. The number of halogens is 2. The van der Waals surface area contributed by atoms with Crippen molar-refractivity contribution in [1.29, 1.82) is 0 Å². The quantitative estimate of drug-likeness (QED) is 0.826. The number of nitrogens with one attached hydrogen (secondary N) is 2. The highest BCUT2D eigenvalue weighted by atomic mass is 32.1. The molecule has 0 radical (unpaired) electrons. The van der Waals surface area contributed by atoms with Gasteiger partial charge in [0.05, 0.1) is 6.04 Å². The van der Waals surface area contributed by atoms with Crippen molar-refractivity contribution >= 4 is 23.0 Å². The summed E-state index contributed by atoms with van der Waals surface area (Å²) in [6, 6.07) is 11.6. The van der Waals surface area contributed by atoms with Gasteiger partial charge in [-0.2, -0.15) is 0 Å². The van der Waals surface area contributed by atoms with Crippen LogP contribution in [-0.4, -0.2) is 5.11 Å². The number of hydrogen-bond acceptors (Lipinski definition) is 1. The molecule has 2 rings (SSSR count). The van der Waals surface area contributed by atoms with Crippen LogP contribution in [0, 0.1) is 18.6 Å². The first-order valence-corrected chi connectivity index (χ1v) is 6.96. The number of thiocarbonyl (C=S) groups is 1. The fourth-order valence-corrected chi connectivity index (χ4v) is 2.18. The van der Waals surface area contributed by atoms with E-state index in [2.05, 4.69) is 10.6 Å².